The lowest BCUT2D eigenvalue weighted by molar-refractivity contribution is -0.384. The molecule has 0 aliphatic carbocycles. The minimum absolute atomic E-state index is 0.0823. The molecule has 0 radical (unpaired) electrons. The number of rotatable bonds is 10. The van der Waals surface area contributed by atoms with Crippen LogP contribution in [0.25, 0.3) is 0 Å². The zero-order chi connectivity index (χ0) is 14.8. The van der Waals surface area contributed by atoms with Crippen LogP contribution in [0.1, 0.15) is 13.3 Å². The van der Waals surface area contributed by atoms with Crippen LogP contribution in [0.5, 0.6) is 0 Å². The molecule has 112 valence electrons. The SMILES string of the molecule is CCNc1cc(NCCSCCCO)cc([N+](=O)[O-])c1. The number of nitrogens with one attached hydrogen (secondary N) is 2. The molecule has 3 N–H and O–H groups in total. The van der Waals surface area contributed by atoms with E-state index in [2.05, 4.69) is 10.6 Å². The molecule has 0 saturated carbocycles. The Kier molecular flexibility index (Phi) is 7.82. The Bertz CT molecular complexity index is 429. The van der Waals surface area contributed by atoms with Crippen LogP contribution in [0.4, 0.5) is 17.1 Å². The second-order valence-electron chi connectivity index (χ2n) is 4.17. The number of non-ortho nitro benzene ring substituents is 1. The van der Waals surface area contributed by atoms with Gasteiger partial charge in [0.05, 0.1) is 4.92 Å². The largest absolute Gasteiger partial charge is 0.396 e. The molecular formula is C13H21N3O3S. The maximum absolute atomic E-state index is 10.9. The zero-order valence-electron chi connectivity index (χ0n) is 11.6. The Morgan fingerprint density at radius 2 is 1.95 bits per heavy atom. The van der Waals surface area contributed by atoms with E-state index >= 15 is 0 Å². The molecule has 0 atom stereocenters. The normalized spacial score (nSPS) is 10.3. The molecule has 6 nitrogen and oxygen atoms in total. The van der Waals surface area contributed by atoms with Crippen LogP contribution in [0, 0.1) is 10.1 Å². The van der Waals surface area contributed by atoms with Crippen molar-refractivity contribution in [1.29, 1.82) is 0 Å². The molecule has 0 aliphatic heterocycles. The van der Waals surface area contributed by atoms with Gasteiger partial charge >= 0.3 is 0 Å². The highest BCUT2D eigenvalue weighted by molar-refractivity contribution is 7.99. The van der Waals surface area contributed by atoms with Gasteiger partial charge in [0.2, 0.25) is 0 Å². The second kappa shape index (κ2) is 9.44. The Morgan fingerprint density at radius 1 is 1.25 bits per heavy atom. The Hall–Kier alpha value is -1.47. The monoisotopic (exact) mass is 299 g/mol. The van der Waals surface area contributed by atoms with Crippen LogP contribution in [-0.2, 0) is 0 Å². The predicted molar refractivity (Wildman–Crippen MR) is 84.8 cm³/mol. The van der Waals surface area contributed by atoms with E-state index in [4.69, 9.17) is 5.11 Å². The topological polar surface area (TPSA) is 87.4 Å². The molecule has 1 rings (SSSR count). The number of benzene rings is 1. The molecule has 1 aromatic rings. The van der Waals surface area contributed by atoms with E-state index in [0.29, 0.717) is 0 Å². The van der Waals surface area contributed by atoms with Crippen molar-refractivity contribution in [3.8, 4) is 0 Å². The summed E-state index contributed by atoms with van der Waals surface area (Å²) in [5.74, 6) is 1.83. The average molecular weight is 299 g/mol. The lowest BCUT2D eigenvalue weighted by Crippen LogP contribution is -2.06. The maximum Gasteiger partial charge on any atom is 0.273 e. The van der Waals surface area contributed by atoms with Gasteiger partial charge < -0.3 is 15.7 Å². The van der Waals surface area contributed by atoms with E-state index in [-0.39, 0.29) is 17.2 Å². The number of nitrogens with zero attached hydrogens (tertiary/aromatic N) is 1. The fourth-order valence-electron chi connectivity index (χ4n) is 1.66. The first kappa shape index (κ1) is 16.6. The Morgan fingerprint density at radius 3 is 2.55 bits per heavy atom. The first-order valence-corrected chi connectivity index (χ1v) is 7.78. The fourth-order valence-corrected chi connectivity index (χ4v) is 2.44. The summed E-state index contributed by atoms with van der Waals surface area (Å²) in [6.45, 7) is 3.63. The number of aliphatic hydroxyl groups excluding tert-OH is 1. The average Bonchev–Trinajstić information content (AvgIpc) is 2.43. The van der Waals surface area contributed by atoms with Gasteiger partial charge in [-0.15, -0.1) is 0 Å². The standard InChI is InChI=1S/C13H21N3O3S/c1-2-14-11-8-12(10-13(9-11)16(18)19)15-4-7-20-6-3-5-17/h8-10,14-15,17H,2-7H2,1H3. The van der Waals surface area contributed by atoms with Crippen molar-refractivity contribution < 1.29 is 10.0 Å². The summed E-state index contributed by atoms with van der Waals surface area (Å²) in [6.07, 6.45) is 0.798. The van der Waals surface area contributed by atoms with Gasteiger partial charge in [-0.05, 0) is 25.2 Å². The Balaban J connectivity index is 2.53. The fraction of sp³-hybridized carbons (Fsp3) is 0.538. The summed E-state index contributed by atoms with van der Waals surface area (Å²) in [5.41, 5.74) is 1.58. The van der Waals surface area contributed by atoms with Gasteiger partial charge in [-0.1, -0.05) is 0 Å². The first-order chi connectivity index (χ1) is 9.67. The van der Waals surface area contributed by atoms with Crippen LogP contribution in [0.15, 0.2) is 18.2 Å². The van der Waals surface area contributed by atoms with E-state index in [1.807, 2.05) is 13.0 Å². The van der Waals surface area contributed by atoms with Crippen LogP contribution in [-0.4, -0.2) is 41.2 Å². The minimum Gasteiger partial charge on any atom is -0.396 e. The third kappa shape index (κ3) is 6.12. The van der Waals surface area contributed by atoms with Gasteiger partial charge in [-0.25, -0.2) is 0 Å². The highest BCUT2D eigenvalue weighted by Gasteiger charge is 2.09. The molecule has 0 heterocycles. The lowest BCUT2D eigenvalue weighted by atomic mass is 10.2. The van der Waals surface area contributed by atoms with Gasteiger partial charge in [0.25, 0.3) is 5.69 Å². The van der Waals surface area contributed by atoms with Gasteiger partial charge in [-0.2, -0.15) is 11.8 Å². The van der Waals surface area contributed by atoms with Crippen molar-refractivity contribution in [2.45, 2.75) is 13.3 Å². The molecule has 0 spiro atoms. The first-order valence-electron chi connectivity index (χ1n) is 6.63. The molecule has 0 bridgehead atoms. The summed E-state index contributed by atoms with van der Waals surface area (Å²) in [6, 6.07) is 4.94. The third-order valence-electron chi connectivity index (χ3n) is 2.53. The molecule has 0 fully saturated rings. The van der Waals surface area contributed by atoms with Crippen molar-refractivity contribution in [3.05, 3.63) is 28.3 Å². The van der Waals surface area contributed by atoms with Crippen molar-refractivity contribution in [2.24, 2.45) is 0 Å². The minimum atomic E-state index is -0.387. The summed E-state index contributed by atoms with van der Waals surface area (Å²) >= 11 is 1.75. The molecule has 0 amide bonds. The van der Waals surface area contributed by atoms with E-state index in [1.165, 1.54) is 6.07 Å². The van der Waals surface area contributed by atoms with E-state index in [9.17, 15) is 10.1 Å². The van der Waals surface area contributed by atoms with Gasteiger partial charge in [0, 0.05) is 49.0 Å². The van der Waals surface area contributed by atoms with Crippen molar-refractivity contribution in [2.75, 3.05) is 41.8 Å². The molecule has 1 aromatic carbocycles. The highest BCUT2D eigenvalue weighted by Crippen LogP contribution is 2.24. The zero-order valence-corrected chi connectivity index (χ0v) is 12.4. The predicted octanol–water partition coefficient (Wildman–Crippen LogP) is 2.55. The van der Waals surface area contributed by atoms with E-state index in [1.54, 1.807) is 17.8 Å². The van der Waals surface area contributed by atoms with Crippen molar-refractivity contribution in [3.63, 3.8) is 0 Å². The van der Waals surface area contributed by atoms with Crippen LogP contribution in [0.3, 0.4) is 0 Å². The van der Waals surface area contributed by atoms with E-state index in [0.717, 1.165) is 42.4 Å². The van der Waals surface area contributed by atoms with Crippen LogP contribution < -0.4 is 10.6 Å². The number of hydrogen-bond acceptors (Lipinski definition) is 6. The molecule has 0 saturated heterocycles. The molecule has 0 aromatic heterocycles. The molecular weight excluding hydrogens is 278 g/mol. The number of thioether (sulfide) groups is 1. The summed E-state index contributed by atoms with van der Waals surface area (Å²) < 4.78 is 0. The van der Waals surface area contributed by atoms with Gasteiger partial charge in [0.15, 0.2) is 0 Å². The van der Waals surface area contributed by atoms with Gasteiger partial charge in [0.1, 0.15) is 0 Å². The molecule has 0 unspecified atom stereocenters. The second-order valence-corrected chi connectivity index (χ2v) is 5.40. The smallest absolute Gasteiger partial charge is 0.273 e. The van der Waals surface area contributed by atoms with E-state index < -0.39 is 0 Å². The third-order valence-corrected chi connectivity index (χ3v) is 3.60. The maximum atomic E-state index is 10.9. The number of anilines is 2. The Labute approximate surface area is 123 Å². The number of nitro benzene ring substituents is 1. The van der Waals surface area contributed by atoms with Crippen LogP contribution >= 0.6 is 11.8 Å². The molecule has 20 heavy (non-hydrogen) atoms. The van der Waals surface area contributed by atoms with Gasteiger partial charge in [-0.3, -0.25) is 10.1 Å². The lowest BCUT2D eigenvalue weighted by Gasteiger charge is -2.09. The molecule has 7 heteroatoms. The number of aliphatic hydroxyl groups is 1. The van der Waals surface area contributed by atoms with Crippen molar-refractivity contribution >= 4 is 28.8 Å². The summed E-state index contributed by atoms with van der Waals surface area (Å²) in [7, 11) is 0. The highest BCUT2D eigenvalue weighted by atomic mass is 32.2. The quantitative estimate of drug-likeness (QED) is 0.350. The summed E-state index contributed by atoms with van der Waals surface area (Å²) in [5, 5.41) is 25.8. The number of hydrogen-bond donors (Lipinski definition) is 3. The van der Waals surface area contributed by atoms with Crippen molar-refractivity contribution in [1.82, 2.24) is 0 Å². The van der Waals surface area contributed by atoms with Crippen LogP contribution in [0.2, 0.25) is 0 Å². The number of nitro groups is 1. The summed E-state index contributed by atoms with van der Waals surface area (Å²) in [4.78, 5) is 10.5. The molecule has 0 aliphatic rings.